The average Bonchev–Trinajstić information content (AvgIpc) is 3.33. The van der Waals surface area contributed by atoms with Gasteiger partial charge >= 0.3 is 6.18 Å². The van der Waals surface area contributed by atoms with Crippen LogP contribution in [-0.2, 0) is 11.7 Å². The van der Waals surface area contributed by atoms with Crippen molar-refractivity contribution in [3.05, 3.63) is 66.0 Å². The van der Waals surface area contributed by atoms with Gasteiger partial charge in [0.05, 0.1) is 16.8 Å². The molecule has 28 heavy (non-hydrogen) atoms. The number of pyridine rings is 1. The Hall–Kier alpha value is -3.03. The molecule has 0 unspecified atom stereocenters. The van der Waals surface area contributed by atoms with E-state index in [0.717, 1.165) is 49.3 Å². The molecule has 2 heterocycles. The predicted molar refractivity (Wildman–Crippen MR) is 101 cm³/mol. The largest absolute Gasteiger partial charge is 0.416 e. The summed E-state index contributed by atoms with van der Waals surface area (Å²) in [6.07, 6.45) is 1.36. The number of nitrogens with one attached hydrogen (secondary N) is 3. The minimum atomic E-state index is -4.38. The summed E-state index contributed by atoms with van der Waals surface area (Å²) in [5.74, 6) is 1.26. The molecule has 3 N–H and O–H groups in total. The van der Waals surface area contributed by atoms with E-state index in [1.54, 1.807) is 12.3 Å². The van der Waals surface area contributed by atoms with Crippen molar-refractivity contribution < 1.29 is 13.2 Å². The first kappa shape index (κ1) is 18.3. The van der Waals surface area contributed by atoms with Crippen molar-refractivity contribution in [3.8, 4) is 0 Å². The Kier molecular flexibility index (Phi) is 4.70. The summed E-state index contributed by atoms with van der Waals surface area (Å²) in [6, 6.07) is 12.6. The molecule has 146 valence electrons. The van der Waals surface area contributed by atoms with E-state index in [9.17, 15) is 13.2 Å². The summed E-state index contributed by atoms with van der Waals surface area (Å²) in [5.41, 5.74) is 0.225. The van der Waals surface area contributed by atoms with Crippen molar-refractivity contribution in [2.24, 2.45) is 0 Å². The Bertz CT molecular complexity index is 930. The number of anilines is 3. The van der Waals surface area contributed by atoms with Gasteiger partial charge in [0.1, 0.15) is 5.82 Å². The molecule has 0 saturated heterocycles. The van der Waals surface area contributed by atoms with E-state index in [0.29, 0.717) is 11.5 Å². The van der Waals surface area contributed by atoms with E-state index in [1.807, 2.05) is 24.3 Å². The molecule has 1 saturated carbocycles. The number of hydrogen-bond donors (Lipinski definition) is 3. The molecule has 1 aliphatic carbocycles. The van der Waals surface area contributed by atoms with Crippen molar-refractivity contribution in [2.75, 3.05) is 10.6 Å². The van der Waals surface area contributed by atoms with Gasteiger partial charge in [-0.05, 0) is 43.2 Å². The summed E-state index contributed by atoms with van der Waals surface area (Å²) in [5, 5.41) is 13.8. The highest BCUT2D eigenvalue weighted by atomic mass is 19.4. The molecule has 2 aromatic heterocycles. The Morgan fingerprint density at radius 3 is 2.50 bits per heavy atom. The molecule has 8 heteroatoms. The zero-order valence-corrected chi connectivity index (χ0v) is 15.1. The van der Waals surface area contributed by atoms with Gasteiger partial charge in [-0.15, -0.1) is 0 Å². The van der Waals surface area contributed by atoms with Crippen LogP contribution in [0.2, 0.25) is 0 Å². The number of halogens is 3. The second-order valence-corrected chi connectivity index (χ2v) is 7.00. The van der Waals surface area contributed by atoms with Crippen LogP contribution < -0.4 is 10.6 Å². The Balaban J connectivity index is 1.56. The van der Waals surface area contributed by atoms with Gasteiger partial charge in [-0.1, -0.05) is 25.0 Å². The summed E-state index contributed by atoms with van der Waals surface area (Å²) >= 11 is 0. The summed E-state index contributed by atoms with van der Waals surface area (Å²) in [6.45, 7) is 0. The highest BCUT2D eigenvalue weighted by Gasteiger charge is 2.37. The van der Waals surface area contributed by atoms with E-state index in [1.165, 1.54) is 6.07 Å². The quantitative estimate of drug-likeness (QED) is 0.545. The SMILES string of the molecule is FC(F)(F)c1cccc(Nc2cc(C3(Nc4ccccn4)CCCC3)[nH]n2)c1. The molecule has 0 aliphatic heterocycles. The fourth-order valence-electron chi connectivity index (χ4n) is 3.67. The zero-order chi connectivity index (χ0) is 19.6. The van der Waals surface area contributed by atoms with Gasteiger partial charge in [-0.2, -0.15) is 18.3 Å². The number of hydrogen-bond acceptors (Lipinski definition) is 4. The maximum Gasteiger partial charge on any atom is 0.416 e. The van der Waals surface area contributed by atoms with Gasteiger partial charge in [0.2, 0.25) is 0 Å². The van der Waals surface area contributed by atoms with Crippen molar-refractivity contribution in [2.45, 2.75) is 37.4 Å². The van der Waals surface area contributed by atoms with Gasteiger partial charge in [-0.25, -0.2) is 4.98 Å². The first-order chi connectivity index (χ1) is 13.4. The Labute approximate surface area is 160 Å². The molecule has 0 bridgehead atoms. The van der Waals surface area contributed by atoms with Crippen LogP contribution in [0.1, 0.15) is 36.9 Å². The van der Waals surface area contributed by atoms with Crippen LogP contribution in [-0.4, -0.2) is 15.2 Å². The normalized spacial score (nSPS) is 16.1. The standard InChI is InChI=1S/C20H20F3N5/c21-20(22,23)14-6-5-7-15(12-14)25-18-13-16(27-28-18)19(9-2-3-10-19)26-17-8-1-4-11-24-17/h1,4-8,11-13H,2-3,9-10H2,(H,24,26)(H2,25,27,28). The van der Waals surface area contributed by atoms with E-state index in [4.69, 9.17) is 0 Å². The first-order valence-corrected chi connectivity index (χ1v) is 9.14. The molecular weight excluding hydrogens is 367 g/mol. The molecule has 1 aliphatic rings. The minimum absolute atomic E-state index is 0.310. The molecule has 5 nitrogen and oxygen atoms in total. The van der Waals surface area contributed by atoms with Crippen LogP contribution in [0.25, 0.3) is 0 Å². The number of nitrogens with zero attached hydrogens (tertiary/aromatic N) is 2. The topological polar surface area (TPSA) is 65.6 Å². The number of aromatic amines is 1. The zero-order valence-electron chi connectivity index (χ0n) is 15.1. The van der Waals surface area contributed by atoms with Gasteiger partial charge in [0, 0.05) is 18.0 Å². The monoisotopic (exact) mass is 387 g/mol. The van der Waals surface area contributed by atoms with E-state index >= 15 is 0 Å². The maximum absolute atomic E-state index is 12.9. The highest BCUT2D eigenvalue weighted by Crippen LogP contribution is 2.41. The second kappa shape index (κ2) is 7.18. The van der Waals surface area contributed by atoms with Gasteiger partial charge in [0.15, 0.2) is 5.82 Å². The average molecular weight is 387 g/mol. The predicted octanol–water partition coefficient (Wildman–Crippen LogP) is 5.45. The molecule has 3 aromatic rings. The van der Waals surface area contributed by atoms with E-state index < -0.39 is 11.7 Å². The summed E-state index contributed by atoms with van der Waals surface area (Å²) in [4.78, 5) is 4.35. The highest BCUT2D eigenvalue weighted by molar-refractivity contribution is 5.58. The smallest absolute Gasteiger partial charge is 0.359 e. The van der Waals surface area contributed by atoms with Gasteiger partial charge < -0.3 is 10.6 Å². The second-order valence-electron chi connectivity index (χ2n) is 7.00. The minimum Gasteiger partial charge on any atom is -0.359 e. The number of rotatable bonds is 5. The molecule has 0 atom stereocenters. The summed E-state index contributed by atoms with van der Waals surface area (Å²) in [7, 11) is 0. The lowest BCUT2D eigenvalue weighted by Gasteiger charge is -2.29. The number of alkyl halides is 3. The Morgan fingerprint density at radius 2 is 1.79 bits per heavy atom. The first-order valence-electron chi connectivity index (χ1n) is 9.14. The third kappa shape index (κ3) is 3.81. The van der Waals surface area contributed by atoms with Crippen molar-refractivity contribution in [1.82, 2.24) is 15.2 Å². The third-order valence-corrected chi connectivity index (χ3v) is 5.05. The van der Waals surface area contributed by atoms with Crippen molar-refractivity contribution >= 4 is 17.3 Å². The molecule has 0 spiro atoms. The van der Waals surface area contributed by atoms with Crippen LogP contribution in [0, 0.1) is 0 Å². The third-order valence-electron chi connectivity index (χ3n) is 5.05. The number of H-pyrrole nitrogens is 1. The van der Waals surface area contributed by atoms with Crippen LogP contribution in [0.3, 0.4) is 0 Å². The van der Waals surface area contributed by atoms with Crippen LogP contribution in [0.15, 0.2) is 54.7 Å². The van der Waals surface area contributed by atoms with Crippen LogP contribution in [0.5, 0.6) is 0 Å². The Morgan fingerprint density at radius 1 is 0.964 bits per heavy atom. The van der Waals surface area contributed by atoms with E-state index in [2.05, 4.69) is 25.8 Å². The molecule has 4 rings (SSSR count). The lowest BCUT2D eigenvalue weighted by Crippen LogP contribution is -2.33. The molecule has 1 aromatic carbocycles. The van der Waals surface area contributed by atoms with Crippen molar-refractivity contribution in [3.63, 3.8) is 0 Å². The van der Waals surface area contributed by atoms with Gasteiger partial charge in [-0.3, -0.25) is 5.10 Å². The van der Waals surface area contributed by atoms with Gasteiger partial charge in [0.25, 0.3) is 0 Å². The van der Waals surface area contributed by atoms with Crippen LogP contribution >= 0.6 is 0 Å². The lowest BCUT2D eigenvalue weighted by molar-refractivity contribution is -0.137. The molecule has 0 radical (unpaired) electrons. The van der Waals surface area contributed by atoms with Crippen molar-refractivity contribution in [1.29, 1.82) is 0 Å². The molecular formula is C20H20F3N5. The molecule has 0 amide bonds. The lowest BCUT2D eigenvalue weighted by atomic mass is 9.93. The van der Waals surface area contributed by atoms with E-state index in [-0.39, 0.29) is 5.54 Å². The van der Waals surface area contributed by atoms with Crippen LogP contribution in [0.4, 0.5) is 30.5 Å². The fraction of sp³-hybridized carbons (Fsp3) is 0.300. The number of aromatic nitrogens is 3. The summed E-state index contributed by atoms with van der Waals surface area (Å²) < 4.78 is 38.7. The maximum atomic E-state index is 12.9. The fourth-order valence-corrected chi connectivity index (χ4v) is 3.67. The molecule has 1 fully saturated rings. The number of benzene rings is 1.